The van der Waals surface area contributed by atoms with Gasteiger partial charge in [0.1, 0.15) is 0 Å². The highest BCUT2D eigenvalue weighted by Gasteiger charge is 2.36. The van der Waals surface area contributed by atoms with Crippen LogP contribution in [0, 0.1) is 16.2 Å². The molecule has 3 N–H and O–H groups in total. The molecule has 0 aromatic carbocycles. The van der Waals surface area contributed by atoms with Crippen LogP contribution in [0.1, 0.15) is 65.2 Å². The van der Waals surface area contributed by atoms with Crippen molar-refractivity contribution in [3.05, 3.63) is 0 Å². The molecule has 1 saturated heterocycles. The van der Waals surface area contributed by atoms with Crippen molar-refractivity contribution in [2.45, 2.75) is 65.2 Å². The molecule has 1 spiro atoms. The Morgan fingerprint density at radius 2 is 1.74 bits per heavy atom. The number of nitrogens with one attached hydrogen (secondary N) is 1. The topological polar surface area (TPSA) is 53.1 Å². The molecule has 1 saturated carbocycles. The Balaban J connectivity index is 1.67. The Hall–Kier alpha value is -0.570. The molecular weight excluding hydrogens is 234 g/mol. The highest BCUT2D eigenvalue weighted by molar-refractivity contribution is 5.82. The molecule has 110 valence electrons. The highest BCUT2D eigenvalue weighted by Crippen LogP contribution is 2.46. The van der Waals surface area contributed by atoms with Gasteiger partial charge in [0, 0.05) is 5.41 Å². The Bertz CT molecular complexity index is 306. The molecule has 2 fully saturated rings. The minimum absolute atomic E-state index is 0.123. The number of likely N-dealkylation sites (tertiary alicyclic amines) is 1. The zero-order valence-electron chi connectivity index (χ0n) is 12.8. The van der Waals surface area contributed by atoms with Gasteiger partial charge in [-0.05, 0) is 63.6 Å². The molecule has 2 rings (SSSR count). The summed E-state index contributed by atoms with van der Waals surface area (Å²) in [7, 11) is 0. The minimum Gasteiger partial charge on any atom is -0.387 e. The molecule has 0 atom stereocenters. The zero-order chi connectivity index (χ0) is 13.9. The molecule has 2 aliphatic rings. The lowest BCUT2D eigenvalue weighted by atomic mass is 9.77. The first-order chi connectivity index (χ1) is 8.94. The van der Waals surface area contributed by atoms with Crippen LogP contribution in [0.2, 0.25) is 0 Å². The number of piperidine rings is 1. The van der Waals surface area contributed by atoms with Crippen molar-refractivity contribution in [2.75, 3.05) is 19.6 Å². The van der Waals surface area contributed by atoms with Crippen LogP contribution in [0.5, 0.6) is 0 Å². The first kappa shape index (κ1) is 14.8. The second-order valence-corrected chi connectivity index (χ2v) is 7.45. The number of amidine groups is 1. The van der Waals surface area contributed by atoms with Gasteiger partial charge in [0.15, 0.2) is 0 Å². The van der Waals surface area contributed by atoms with Gasteiger partial charge < -0.3 is 10.6 Å². The van der Waals surface area contributed by atoms with Gasteiger partial charge in [0.25, 0.3) is 0 Å². The average molecular weight is 265 g/mol. The van der Waals surface area contributed by atoms with Crippen LogP contribution < -0.4 is 5.73 Å². The summed E-state index contributed by atoms with van der Waals surface area (Å²) in [6, 6.07) is 0. The molecule has 3 nitrogen and oxygen atoms in total. The summed E-state index contributed by atoms with van der Waals surface area (Å²) in [5.41, 5.74) is 6.25. The minimum atomic E-state index is -0.123. The maximum absolute atomic E-state index is 7.59. The first-order valence-electron chi connectivity index (χ1n) is 8.01. The van der Waals surface area contributed by atoms with E-state index in [-0.39, 0.29) is 5.41 Å². The van der Waals surface area contributed by atoms with Crippen LogP contribution in [0.3, 0.4) is 0 Å². The van der Waals surface area contributed by atoms with Crippen molar-refractivity contribution in [3.8, 4) is 0 Å². The summed E-state index contributed by atoms with van der Waals surface area (Å²) in [6.07, 6.45) is 10.9. The van der Waals surface area contributed by atoms with Crippen LogP contribution in [0.25, 0.3) is 0 Å². The summed E-state index contributed by atoms with van der Waals surface area (Å²) in [4.78, 5) is 2.62. The molecule has 0 radical (unpaired) electrons. The fourth-order valence-corrected chi connectivity index (χ4v) is 3.76. The normalized spacial score (nSPS) is 23.9. The molecule has 0 aromatic rings. The number of hydrogen-bond acceptors (Lipinski definition) is 2. The van der Waals surface area contributed by atoms with E-state index in [2.05, 4.69) is 18.7 Å². The maximum Gasteiger partial charge on any atom is 0.0963 e. The predicted octanol–water partition coefficient (Wildman–Crippen LogP) is 3.38. The summed E-state index contributed by atoms with van der Waals surface area (Å²) in [6.45, 7) is 7.94. The van der Waals surface area contributed by atoms with E-state index in [4.69, 9.17) is 11.1 Å². The first-order valence-corrected chi connectivity index (χ1v) is 8.01. The van der Waals surface area contributed by atoms with Crippen LogP contribution in [-0.2, 0) is 0 Å². The van der Waals surface area contributed by atoms with Crippen molar-refractivity contribution < 1.29 is 0 Å². The summed E-state index contributed by atoms with van der Waals surface area (Å²) >= 11 is 0. The molecule has 0 unspecified atom stereocenters. The third-order valence-corrected chi connectivity index (χ3v) is 5.59. The molecule has 0 amide bonds. The van der Waals surface area contributed by atoms with E-state index < -0.39 is 0 Å². The predicted molar refractivity (Wildman–Crippen MR) is 81.5 cm³/mol. The van der Waals surface area contributed by atoms with Gasteiger partial charge in [-0.3, -0.25) is 5.41 Å². The number of hydrogen-bond donors (Lipinski definition) is 2. The van der Waals surface area contributed by atoms with Crippen molar-refractivity contribution in [3.63, 3.8) is 0 Å². The van der Waals surface area contributed by atoms with Crippen LogP contribution in [0.4, 0.5) is 0 Å². The van der Waals surface area contributed by atoms with E-state index >= 15 is 0 Å². The van der Waals surface area contributed by atoms with Crippen LogP contribution >= 0.6 is 0 Å². The standard InChI is InChI=1S/C16H31N3/c1-15(2,14(17)18)6-5-11-19-12-9-16(10-13-19)7-3-4-8-16/h3-13H2,1-2H3,(H3,17,18). The monoisotopic (exact) mass is 265 g/mol. The van der Waals surface area contributed by atoms with Crippen molar-refractivity contribution in [1.29, 1.82) is 5.41 Å². The second-order valence-electron chi connectivity index (χ2n) is 7.45. The quantitative estimate of drug-likeness (QED) is 0.591. The van der Waals surface area contributed by atoms with Crippen LogP contribution in [0.15, 0.2) is 0 Å². The van der Waals surface area contributed by atoms with E-state index in [9.17, 15) is 0 Å². The Kier molecular flexibility index (Phi) is 4.54. The molecule has 3 heteroatoms. The van der Waals surface area contributed by atoms with E-state index in [1.54, 1.807) is 0 Å². The molecular formula is C16H31N3. The number of nitrogens with zero attached hydrogens (tertiary/aromatic N) is 1. The fourth-order valence-electron chi connectivity index (χ4n) is 3.76. The van der Waals surface area contributed by atoms with Gasteiger partial charge in [0.2, 0.25) is 0 Å². The molecule has 19 heavy (non-hydrogen) atoms. The smallest absolute Gasteiger partial charge is 0.0963 e. The van der Waals surface area contributed by atoms with Gasteiger partial charge in [-0.1, -0.05) is 26.7 Å². The summed E-state index contributed by atoms with van der Waals surface area (Å²) in [5, 5.41) is 7.59. The van der Waals surface area contributed by atoms with Gasteiger partial charge in [-0.25, -0.2) is 0 Å². The third-order valence-electron chi connectivity index (χ3n) is 5.59. The lowest BCUT2D eigenvalue weighted by Gasteiger charge is -2.39. The molecule has 1 heterocycles. The lowest BCUT2D eigenvalue weighted by molar-refractivity contribution is 0.106. The van der Waals surface area contributed by atoms with Crippen molar-refractivity contribution in [1.82, 2.24) is 4.90 Å². The maximum atomic E-state index is 7.59. The van der Waals surface area contributed by atoms with Gasteiger partial charge in [-0.15, -0.1) is 0 Å². The van der Waals surface area contributed by atoms with E-state index in [1.165, 1.54) is 64.6 Å². The number of nitrogens with two attached hydrogens (primary N) is 1. The zero-order valence-corrected chi connectivity index (χ0v) is 12.8. The van der Waals surface area contributed by atoms with E-state index in [0.29, 0.717) is 5.84 Å². The van der Waals surface area contributed by atoms with Gasteiger partial charge >= 0.3 is 0 Å². The van der Waals surface area contributed by atoms with Crippen LogP contribution in [-0.4, -0.2) is 30.4 Å². The van der Waals surface area contributed by atoms with Crippen molar-refractivity contribution >= 4 is 5.84 Å². The van der Waals surface area contributed by atoms with E-state index in [1.807, 2.05) is 0 Å². The average Bonchev–Trinajstić information content (AvgIpc) is 2.80. The summed E-state index contributed by atoms with van der Waals surface area (Å²) in [5.74, 6) is 0.330. The SMILES string of the molecule is CC(C)(CCCN1CCC2(CCCC2)CC1)C(=N)N. The molecule has 1 aliphatic carbocycles. The highest BCUT2D eigenvalue weighted by atomic mass is 15.1. The Morgan fingerprint density at radius 3 is 2.26 bits per heavy atom. The largest absolute Gasteiger partial charge is 0.387 e. The number of rotatable bonds is 5. The fraction of sp³-hybridized carbons (Fsp3) is 0.938. The van der Waals surface area contributed by atoms with E-state index in [0.717, 1.165) is 11.8 Å². The third kappa shape index (κ3) is 3.71. The summed E-state index contributed by atoms with van der Waals surface area (Å²) < 4.78 is 0. The molecule has 0 bridgehead atoms. The Morgan fingerprint density at radius 1 is 1.16 bits per heavy atom. The lowest BCUT2D eigenvalue weighted by Crippen LogP contribution is -2.40. The molecule has 1 aliphatic heterocycles. The molecule has 0 aromatic heterocycles. The second kappa shape index (κ2) is 5.82. The Labute approximate surface area is 118 Å². The van der Waals surface area contributed by atoms with Gasteiger partial charge in [-0.2, -0.15) is 0 Å². The van der Waals surface area contributed by atoms with Crippen molar-refractivity contribution in [2.24, 2.45) is 16.6 Å². The van der Waals surface area contributed by atoms with Gasteiger partial charge in [0.05, 0.1) is 5.84 Å².